The number of nitrogens with zero attached hydrogens (tertiary/aromatic N) is 1. The van der Waals surface area contributed by atoms with Gasteiger partial charge in [0.2, 0.25) is 0 Å². The molecule has 3 nitrogen and oxygen atoms in total. The van der Waals surface area contributed by atoms with Crippen molar-refractivity contribution < 1.29 is 13.9 Å². The molecule has 1 saturated heterocycles. The smallest absolute Gasteiger partial charge is 0.252 e. The van der Waals surface area contributed by atoms with Gasteiger partial charge in [-0.1, -0.05) is 18.2 Å². The molecule has 0 aromatic carbocycles. The summed E-state index contributed by atoms with van der Waals surface area (Å²) in [6, 6.07) is 0. The molecule has 1 rings (SSSR count). The van der Waals surface area contributed by atoms with Crippen LogP contribution >= 0.6 is 0 Å². The SMILES string of the molecule is C=C(C)/C=C\C(F)=C(/C)C(=O)N1CCOCC1. The van der Waals surface area contributed by atoms with Gasteiger partial charge in [-0.25, -0.2) is 4.39 Å². The van der Waals surface area contributed by atoms with Crippen molar-refractivity contribution in [2.45, 2.75) is 13.8 Å². The van der Waals surface area contributed by atoms with E-state index in [1.807, 2.05) is 0 Å². The first-order valence-corrected chi connectivity index (χ1v) is 5.59. The van der Waals surface area contributed by atoms with Crippen LogP contribution in [-0.2, 0) is 9.53 Å². The fraction of sp³-hybridized carbons (Fsp3) is 0.462. The summed E-state index contributed by atoms with van der Waals surface area (Å²) in [5.74, 6) is -0.776. The highest BCUT2D eigenvalue weighted by atomic mass is 19.1. The van der Waals surface area contributed by atoms with Crippen LogP contribution in [0.4, 0.5) is 4.39 Å². The van der Waals surface area contributed by atoms with Crippen LogP contribution < -0.4 is 0 Å². The first kappa shape index (κ1) is 13.6. The Morgan fingerprint density at radius 2 is 1.88 bits per heavy atom. The van der Waals surface area contributed by atoms with E-state index in [9.17, 15) is 9.18 Å². The molecule has 17 heavy (non-hydrogen) atoms. The largest absolute Gasteiger partial charge is 0.378 e. The van der Waals surface area contributed by atoms with Crippen LogP contribution in [0.5, 0.6) is 0 Å². The zero-order valence-electron chi connectivity index (χ0n) is 10.3. The predicted octanol–water partition coefficient (Wildman–Crippen LogP) is 2.22. The lowest BCUT2D eigenvalue weighted by Crippen LogP contribution is -2.41. The van der Waals surface area contributed by atoms with Crippen LogP contribution in [0, 0.1) is 0 Å². The minimum absolute atomic E-state index is 0.129. The molecule has 0 unspecified atom stereocenters. The highest BCUT2D eigenvalue weighted by molar-refractivity contribution is 5.93. The molecule has 1 heterocycles. The molecule has 0 aromatic rings. The maximum atomic E-state index is 13.6. The normalized spacial score (nSPS) is 18.2. The Balaban J connectivity index is 2.72. The standard InChI is InChI=1S/C13H18FNO2/c1-10(2)4-5-12(14)11(3)13(16)15-6-8-17-9-7-15/h4-5H,1,6-9H2,2-3H3/b5-4-,12-11-. The van der Waals surface area contributed by atoms with Gasteiger partial charge in [0, 0.05) is 18.7 Å². The van der Waals surface area contributed by atoms with E-state index in [2.05, 4.69) is 6.58 Å². The van der Waals surface area contributed by atoms with Gasteiger partial charge >= 0.3 is 0 Å². The minimum Gasteiger partial charge on any atom is -0.378 e. The molecule has 0 atom stereocenters. The van der Waals surface area contributed by atoms with Crippen LogP contribution in [0.25, 0.3) is 0 Å². The number of allylic oxidation sites excluding steroid dienone is 4. The number of ether oxygens (including phenoxy) is 1. The third kappa shape index (κ3) is 4.15. The topological polar surface area (TPSA) is 29.5 Å². The second-order valence-electron chi connectivity index (χ2n) is 4.06. The third-order valence-corrected chi connectivity index (χ3v) is 2.49. The van der Waals surface area contributed by atoms with E-state index >= 15 is 0 Å². The molecule has 0 radical (unpaired) electrons. The predicted molar refractivity (Wildman–Crippen MR) is 65.2 cm³/mol. The first-order valence-electron chi connectivity index (χ1n) is 5.59. The average molecular weight is 239 g/mol. The molecule has 1 fully saturated rings. The quantitative estimate of drug-likeness (QED) is 0.558. The lowest BCUT2D eigenvalue weighted by atomic mass is 10.2. The summed E-state index contributed by atoms with van der Waals surface area (Å²) in [5, 5.41) is 0. The Labute approximate surface area is 101 Å². The molecule has 0 aliphatic carbocycles. The summed E-state index contributed by atoms with van der Waals surface area (Å²) in [4.78, 5) is 13.5. The van der Waals surface area contributed by atoms with E-state index in [4.69, 9.17) is 4.74 Å². The monoisotopic (exact) mass is 239 g/mol. The highest BCUT2D eigenvalue weighted by Gasteiger charge is 2.19. The Morgan fingerprint density at radius 1 is 1.29 bits per heavy atom. The van der Waals surface area contributed by atoms with Crippen molar-refractivity contribution in [2.75, 3.05) is 26.3 Å². The summed E-state index contributed by atoms with van der Waals surface area (Å²) >= 11 is 0. The number of hydrogen-bond donors (Lipinski definition) is 0. The van der Waals surface area contributed by atoms with Gasteiger partial charge in [-0.2, -0.15) is 0 Å². The summed E-state index contributed by atoms with van der Waals surface area (Å²) in [6.45, 7) is 8.97. The Morgan fingerprint density at radius 3 is 2.41 bits per heavy atom. The summed E-state index contributed by atoms with van der Waals surface area (Å²) in [5.41, 5.74) is 0.871. The van der Waals surface area contributed by atoms with Crippen molar-refractivity contribution >= 4 is 5.91 Å². The number of rotatable bonds is 3. The highest BCUT2D eigenvalue weighted by Crippen LogP contribution is 2.13. The average Bonchev–Trinajstić information content (AvgIpc) is 2.35. The van der Waals surface area contributed by atoms with Crippen molar-refractivity contribution in [2.24, 2.45) is 0 Å². The summed E-state index contributed by atoms with van der Waals surface area (Å²) in [7, 11) is 0. The fourth-order valence-corrected chi connectivity index (χ4v) is 1.45. The van der Waals surface area contributed by atoms with Gasteiger partial charge in [0.25, 0.3) is 5.91 Å². The number of halogens is 1. The van der Waals surface area contributed by atoms with Crippen molar-refractivity contribution in [3.63, 3.8) is 0 Å². The molecule has 4 heteroatoms. The number of amides is 1. The molecular weight excluding hydrogens is 221 g/mol. The van der Waals surface area contributed by atoms with E-state index in [-0.39, 0.29) is 11.5 Å². The minimum atomic E-state index is -0.510. The van der Waals surface area contributed by atoms with Crippen LogP contribution in [0.15, 0.2) is 35.7 Å². The number of carbonyl (C=O) groups excluding carboxylic acids is 1. The molecule has 1 aliphatic heterocycles. The van der Waals surface area contributed by atoms with Crippen LogP contribution in [0.1, 0.15) is 13.8 Å². The zero-order chi connectivity index (χ0) is 12.8. The van der Waals surface area contributed by atoms with E-state index in [0.29, 0.717) is 26.3 Å². The van der Waals surface area contributed by atoms with Gasteiger partial charge in [-0.05, 0) is 19.9 Å². The lowest BCUT2D eigenvalue weighted by molar-refractivity contribution is -0.131. The Bertz CT molecular complexity index is 366. The van der Waals surface area contributed by atoms with Crippen molar-refractivity contribution in [3.05, 3.63) is 35.7 Å². The molecule has 0 saturated carbocycles. The second-order valence-corrected chi connectivity index (χ2v) is 4.06. The molecule has 0 bridgehead atoms. The van der Waals surface area contributed by atoms with E-state index in [1.54, 1.807) is 17.9 Å². The summed E-state index contributed by atoms with van der Waals surface area (Å²) < 4.78 is 18.8. The maximum Gasteiger partial charge on any atom is 0.252 e. The van der Waals surface area contributed by atoms with Crippen LogP contribution in [-0.4, -0.2) is 37.1 Å². The second kappa shape index (κ2) is 6.35. The number of morpholine rings is 1. The third-order valence-electron chi connectivity index (χ3n) is 2.49. The molecule has 1 aliphatic rings. The van der Waals surface area contributed by atoms with Gasteiger partial charge < -0.3 is 9.64 Å². The number of carbonyl (C=O) groups is 1. The fourth-order valence-electron chi connectivity index (χ4n) is 1.45. The van der Waals surface area contributed by atoms with Crippen molar-refractivity contribution in [1.29, 1.82) is 0 Å². The molecule has 94 valence electrons. The van der Waals surface area contributed by atoms with Gasteiger partial charge in [-0.3, -0.25) is 4.79 Å². The van der Waals surface area contributed by atoms with Crippen molar-refractivity contribution in [1.82, 2.24) is 4.90 Å². The van der Waals surface area contributed by atoms with E-state index < -0.39 is 5.83 Å². The molecule has 0 aromatic heterocycles. The van der Waals surface area contributed by atoms with E-state index in [1.165, 1.54) is 13.0 Å². The molecule has 0 N–H and O–H groups in total. The van der Waals surface area contributed by atoms with E-state index in [0.717, 1.165) is 5.57 Å². The Hall–Kier alpha value is -1.42. The number of hydrogen-bond acceptors (Lipinski definition) is 2. The maximum absolute atomic E-state index is 13.6. The zero-order valence-corrected chi connectivity index (χ0v) is 10.3. The summed E-state index contributed by atoms with van der Waals surface area (Å²) in [6.07, 6.45) is 2.82. The van der Waals surface area contributed by atoms with Gasteiger partial charge in [0.1, 0.15) is 5.83 Å². The molecule has 0 spiro atoms. The Kier molecular flexibility index (Phi) is 5.10. The lowest BCUT2D eigenvalue weighted by Gasteiger charge is -2.27. The van der Waals surface area contributed by atoms with Crippen LogP contribution in [0.2, 0.25) is 0 Å². The van der Waals surface area contributed by atoms with Crippen molar-refractivity contribution in [3.8, 4) is 0 Å². The van der Waals surface area contributed by atoms with Gasteiger partial charge in [-0.15, -0.1) is 0 Å². The van der Waals surface area contributed by atoms with Gasteiger partial charge in [0.15, 0.2) is 0 Å². The van der Waals surface area contributed by atoms with Gasteiger partial charge in [0.05, 0.1) is 13.2 Å². The van der Waals surface area contributed by atoms with Crippen LogP contribution in [0.3, 0.4) is 0 Å². The first-order chi connectivity index (χ1) is 8.02. The molecular formula is C13H18FNO2. The molecule has 1 amide bonds.